The first-order valence-electron chi connectivity index (χ1n) is 10.8. The molecule has 1 aromatic heterocycles. The van der Waals surface area contributed by atoms with Gasteiger partial charge in [0.1, 0.15) is 0 Å². The van der Waals surface area contributed by atoms with Gasteiger partial charge in [-0.25, -0.2) is 9.79 Å². The number of halogens is 1. The van der Waals surface area contributed by atoms with Crippen molar-refractivity contribution in [3.8, 4) is 0 Å². The number of hydrogen-bond acceptors (Lipinski definition) is 5. The zero-order chi connectivity index (χ0) is 23.7. The monoisotopic (exact) mass is 524 g/mol. The number of allylic oxidation sites excluding steroid dienone is 1. The maximum atomic E-state index is 13.6. The van der Waals surface area contributed by atoms with Crippen LogP contribution in [0, 0.1) is 0 Å². The molecule has 2 heterocycles. The topological polar surface area (TPSA) is 60.7 Å². The second-order valence-electron chi connectivity index (χ2n) is 8.18. The fraction of sp³-hybridized carbons (Fsp3) is 0.269. The summed E-state index contributed by atoms with van der Waals surface area (Å²) in [7, 11) is 0. The molecule has 0 fully saturated rings. The predicted octanol–water partition coefficient (Wildman–Crippen LogP) is 4.68. The molecule has 0 saturated carbocycles. The number of esters is 1. The molecule has 1 aliphatic rings. The summed E-state index contributed by atoms with van der Waals surface area (Å²) in [5.74, 6) is -0.00948. The minimum absolute atomic E-state index is 0.172. The van der Waals surface area contributed by atoms with E-state index in [0.29, 0.717) is 26.5 Å². The molecule has 0 N–H and O–H groups in total. The summed E-state index contributed by atoms with van der Waals surface area (Å²) >= 11 is 4.79. The summed E-state index contributed by atoms with van der Waals surface area (Å²) in [6, 6.07) is 15.2. The van der Waals surface area contributed by atoms with E-state index < -0.39 is 12.0 Å². The summed E-state index contributed by atoms with van der Waals surface area (Å²) in [4.78, 5) is 31.7. The lowest BCUT2D eigenvalue weighted by Gasteiger charge is -2.24. The van der Waals surface area contributed by atoms with Crippen molar-refractivity contribution < 1.29 is 9.53 Å². The molecule has 170 valence electrons. The van der Waals surface area contributed by atoms with Crippen LogP contribution < -0.4 is 14.9 Å². The molecule has 0 amide bonds. The van der Waals surface area contributed by atoms with E-state index in [-0.39, 0.29) is 12.2 Å². The maximum Gasteiger partial charge on any atom is 0.338 e. The molecule has 0 aliphatic carbocycles. The summed E-state index contributed by atoms with van der Waals surface area (Å²) in [5, 5.41) is 0. The molecular formula is C26H25BrN2O3S. The molecule has 33 heavy (non-hydrogen) atoms. The van der Waals surface area contributed by atoms with Crippen LogP contribution in [0.1, 0.15) is 56.3 Å². The minimum atomic E-state index is -0.598. The SMILES string of the molecule is CCOC(=O)C1=C(C)N=c2s/c(=C\c3ccc(C(C)C)cc3)c(=O)n2C1c1ccc(Br)cc1. The highest BCUT2D eigenvalue weighted by atomic mass is 79.9. The first-order valence-corrected chi connectivity index (χ1v) is 12.5. The van der Waals surface area contributed by atoms with E-state index in [2.05, 4.69) is 46.9 Å². The van der Waals surface area contributed by atoms with Crippen LogP contribution in [0.15, 0.2) is 74.1 Å². The first kappa shape index (κ1) is 23.4. The van der Waals surface area contributed by atoms with Crippen LogP contribution in [-0.2, 0) is 9.53 Å². The average Bonchev–Trinajstić information content (AvgIpc) is 3.08. The molecular weight excluding hydrogens is 500 g/mol. The zero-order valence-corrected chi connectivity index (χ0v) is 21.4. The molecule has 1 unspecified atom stereocenters. The van der Waals surface area contributed by atoms with Gasteiger partial charge >= 0.3 is 5.97 Å². The van der Waals surface area contributed by atoms with Gasteiger partial charge < -0.3 is 4.74 Å². The van der Waals surface area contributed by atoms with Crippen LogP contribution in [0.2, 0.25) is 0 Å². The molecule has 2 aromatic carbocycles. The highest BCUT2D eigenvalue weighted by Crippen LogP contribution is 2.31. The summed E-state index contributed by atoms with van der Waals surface area (Å²) in [6.07, 6.45) is 1.88. The largest absolute Gasteiger partial charge is 0.463 e. The van der Waals surface area contributed by atoms with E-state index in [1.54, 1.807) is 18.4 Å². The number of benzene rings is 2. The van der Waals surface area contributed by atoms with E-state index in [4.69, 9.17) is 4.74 Å². The Morgan fingerprint density at radius 2 is 1.85 bits per heavy atom. The van der Waals surface area contributed by atoms with Gasteiger partial charge in [-0.15, -0.1) is 0 Å². The molecule has 0 saturated heterocycles. The smallest absolute Gasteiger partial charge is 0.338 e. The van der Waals surface area contributed by atoms with Crippen molar-refractivity contribution in [3.05, 3.63) is 101 Å². The van der Waals surface area contributed by atoms with Gasteiger partial charge in [0.15, 0.2) is 4.80 Å². The molecule has 5 nitrogen and oxygen atoms in total. The van der Waals surface area contributed by atoms with E-state index in [1.807, 2.05) is 42.5 Å². The van der Waals surface area contributed by atoms with Gasteiger partial charge in [0.05, 0.1) is 28.5 Å². The quantitative estimate of drug-likeness (QED) is 0.455. The van der Waals surface area contributed by atoms with Gasteiger partial charge in [-0.2, -0.15) is 0 Å². The third-order valence-electron chi connectivity index (χ3n) is 5.60. The Labute approximate surface area is 204 Å². The Morgan fingerprint density at radius 1 is 1.18 bits per heavy atom. The number of thiazole rings is 1. The summed E-state index contributed by atoms with van der Waals surface area (Å²) in [6.45, 7) is 8.11. The van der Waals surface area contributed by atoms with Gasteiger partial charge in [0.2, 0.25) is 0 Å². The second kappa shape index (κ2) is 9.61. The summed E-state index contributed by atoms with van der Waals surface area (Å²) in [5.41, 5.74) is 3.80. The number of carbonyl (C=O) groups is 1. The highest BCUT2D eigenvalue weighted by Gasteiger charge is 2.33. The van der Waals surface area contributed by atoms with Crippen LogP contribution in [0.4, 0.5) is 0 Å². The van der Waals surface area contributed by atoms with Crippen LogP contribution >= 0.6 is 27.3 Å². The highest BCUT2D eigenvalue weighted by molar-refractivity contribution is 9.10. The molecule has 0 spiro atoms. The molecule has 1 atom stereocenters. The van der Waals surface area contributed by atoms with Gasteiger partial charge in [0, 0.05) is 4.47 Å². The molecule has 4 rings (SSSR count). The number of aromatic nitrogens is 1. The van der Waals surface area contributed by atoms with Crippen molar-refractivity contribution in [3.63, 3.8) is 0 Å². The Balaban J connectivity index is 1.90. The lowest BCUT2D eigenvalue weighted by Crippen LogP contribution is -2.39. The predicted molar refractivity (Wildman–Crippen MR) is 135 cm³/mol. The lowest BCUT2D eigenvalue weighted by atomic mass is 9.96. The Morgan fingerprint density at radius 3 is 2.45 bits per heavy atom. The molecule has 3 aromatic rings. The van der Waals surface area contributed by atoms with Gasteiger partial charge in [0.25, 0.3) is 5.56 Å². The van der Waals surface area contributed by atoms with Crippen LogP contribution in [0.5, 0.6) is 0 Å². The molecule has 7 heteroatoms. The standard InChI is InChI=1S/C26H25BrN2O3S/c1-5-32-25(31)22-16(4)28-26-29(23(22)19-10-12-20(27)13-11-19)24(30)21(33-26)14-17-6-8-18(9-7-17)15(2)3/h6-15,23H,5H2,1-4H3/b21-14-. The zero-order valence-electron chi connectivity index (χ0n) is 19.0. The van der Waals surface area contributed by atoms with E-state index in [1.165, 1.54) is 16.9 Å². The fourth-order valence-electron chi connectivity index (χ4n) is 3.88. The van der Waals surface area contributed by atoms with Crippen LogP contribution in [0.3, 0.4) is 0 Å². The third-order valence-corrected chi connectivity index (χ3v) is 7.12. The van der Waals surface area contributed by atoms with E-state index in [0.717, 1.165) is 15.6 Å². The van der Waals surface area contributed by atoms with Crippen molar-refractivity contribution in [1.29, 1.82) is 0 Å². The number of fused-ring (bicyclic) bond motifs is 1. The maximum absolute atomic E-state index is 13.6. The minimum Gasteiger partial charge on any atom is -0.463 e. The van der Waals surface area contributed by atoms with Crippen molar-refractivity contribution >= 4 is 39.3 Å². The van der Waals surface area contributed by atoms with Crippen molar-refractivity contribution in [2.75, 3.05) is 6.61 Å². The van der Waals surface area contributed by atoms with Crippen molar-refractivity contribution in [2.24, 2.45) is 4.99 Å². The average molecular weight is 525 g/mol. The number of nitrogens with zero attached hydrogens (tertiary/aromatic N) is 2. The van der Waals surface area contributed by atoms with Crippen molar-refractivity contribution in [2.45, 2.75) is 39.7 Å². The van der Waals surface area contributed by atoms with E-state index >= 15 is 0 Å². The van der Waals surface area contributed by atoms with Crippen LogP contribution in [-0.4, -0.2) is 17.1 Å². The number of ether oxygens (including phenoxy) is 1. The Hall–Kier alpha value is -2.77. The third kappa shape index (κ3) is 4.66. The normalized spacial score (nSPS) is 16.1. The second-order valence-corrected chi connectivity index (χ2v) is 10.1. The molecule has 1 aliphatic heterocycles. The first-order chi connectivity index (χ1) is 15.8. The fourth-order valence-corrected chi connectivity index (χ4v) is 5.19. The number of rotatable bonds is 5. The Bertz CT molecular complexity index is 1400. The van der Waals surface area contributed by atoms with Crippen molar-refractivity contribution in [1.82, 2.24) is 4.57 Å². The number of hydrogen-bond donors (Lipinski definition) is 0. The lowest BCUT2D eigenvalue weighted by molar-refractivity contribution is -0.139. The molecule has 0 bridgehead atoms. The Kier molecular flexibility index (Phi) is 6.81. The van der Waals surface area contributed by atoms with E-state index in [9.17, 15) is 9.59 Å². The van der Waals surface area contributed by atoms with Crippen LogP contribution in [0.25, 0.3) is 6.08 Å². The summed E-state index contributed by atoms with van der Waals surface area (Å²) < 4.78 is 8.44. The van der Waals surface area contributed by atoms with Gasteiger partial charge in [-0.1, -0.05) is 77.5 Å². The molecule has 0 radical (unpaired) electrons. The van der Waals surface area contributed by atoms with Gasteiger partial charge in [-0.3, -0.25) is 9.36 Å². The number of carbonyl (C=O) groups excluding carboxylic acids is 1. The van der Waals surface area contributed by atoms with Gasteiger partial charge in [-0.05, 0) is 54.7 Å².